The van der Waals surface area contributed by atoms with Crippen LogP contribution in [0, 0.1) is 0 Å². The Hall–Kier alpha value is -3.71. The molecule has 154 valence electrons. The quantitative estimate of drug-likeness (QED) is 0.588. The number of rotatable bonds is 7. The molecule has 0 bridgehead atoms. The monoisotopic (exact) mass is 406 g/mol. The molecule has 7 heteroatoms. The molecule has 0 unspecified atom stereocenters. The summed E-state index contributed by atoms with van der Waals surface area (Å²) in [7, 11) is 2.69. The van der Waals surface area contributed by atoms with E-state index in [1.807, 2.05) is 36.4 Å². The van der Waals surface area contributed by atoms with E-state index < -0.39 is 5.97 Å². The number of nitrogens with one attached hydrogen (secondary N) is 2. The molecular formula is C23H22N2O5. The van der Waals surface area contributed by atoms with Crippen LogP contribution in [0.4, 0.5) is 5.69 Å². The van der Waals surface area contributed by atoms with Gasteiger partial charge in [-0.1, -0.05) is 30.3 Å². The Kier molecular flexibility index (Phi) is 6.77. The predicted octanol–water partition coefficient (Wildman–Crippen LogP) is 3.14. The van der Waals surface area contributed by atoms with Crippen molar-refractivity contribution < 1.29 is 23.9 Å². The molecule has 7 nitrogen and oxygen atoms in total. The highest BCUT2D eigenvalue weighted by Gasteiger charge is 2.12. The molecule has 0 radical (unpaired) electrons. The minimum absolute atomic E-state index is 0.115. The van der Waals surface area contributed by atoms with E-state index >= 15 is 0 Å². The van der Waals surface area contributed by atoms with Gasteiger partial charge in [0.15, 0.2) is 0 Å². The Balaban J connectivity index is 1.77. The first-order valence-electron chi connectivity index (χ1n) is 9.28. The molecule has 0 heterocycles. The summed E-state index contributed by atoms with van der Waals surface area (Å²) in [5.74, 6) is -1.14. The zero-order valence-electron chi connectivity index (χ0n) is 16.7. The van der Waals surface area contributed by atoms with Crippen molar-refractivity contribution >= 4 is 34.2 Å². The maximum Gasteiger partial charge on any atom is 0.337 e. The molecule has 0 fully saturated rings. The van der Waals surface area contributed by atoms with Gasteiger partial charge in [0.25, 0.3) is 5.91 Å². The molecule has 0 atom stereocenters. The molecule has 2 N–H and O–H groups in total. The number of fused-ring (bicyclic) bond motifs is 1. The minimum Gasteiger partial charge on any atom is -0.465 e. The Labute approximate surface area is 174 Å². The SMILES string of the molecule is COCC(=O)Nc1cc(CNC(=O)c2ccc3ccccc3c2)cc(C(=O)OC)c1. The van der Waals surface area contributed by atoms with Gasteiger partial charge in [0.05, 0.1) is 12.7 Å². The van der Waals surface area contributed by atoms with Crippen molar-refractivity contribution in [2.75, 3.05) is 26.1 Å². The lowest BCUT2D eigenvalue weighted by molar-refractivity contribution is -0.119. The van der Waals surface area contributed by atoms with E-state index in [9.17, 15) is 14.4 Å². The maximum absolute atomic E-state index is 12.6. The van der Waals surface area contributed by atoms with Crippen molar-refractivity contribution in [1.82, 2.24) is 5.32 Å². The third-order valence-corrected chi connectivity index (χ3v) is 4.44. The fraction of sp³-hybridized carbons (Fsp3) is 0.174. The number of methoxy groups -OCH3 is 2. The molecule has 0 aliphatic heterocycles. The van der Waals surface area contributed by atoms with Gasteiger partial charge in [-0.05, 0) is 46.7 Å². The lowest BCUT2D eigenvalue weighted by Gasteiger charge is -2.11. The summed E-state index contributed by atoms with van der Waals surface area (Å²) in [4.78, 5) is 36.4. The Bertz CT molecular complexity index is 1090. The normalized spacial score (nSPS) is 10.5. The molecular weight excluding hydrogens is 384 g/mol. The second kappa shape index (κ2) is 9.67. The molecule has 0 spiro atoms. The lowest BCUT2D eigenvalue weighted by atomic mass is 10.1. The lowest BCUT2D eigenvalue weighted by Crippen LogP contribution is -2.23. The van der Waals surface area contributed by atoms with Gasteiger partial charge in [-0.2, -0.15) is 0 Å². The maximum atomic E-state index is 12.6. The fourth-order valence-electron chi connectivity index (χ4n) is 3.05. The van der Waals surface area contributed by atoms with E-state index in [4.69, 9.17) is 9.47 Å². The van der Waals surface area contributed by atoms with Gasteiger partial charge in [0, 0.05) is 24.9 Å². The predicted molar refractivity (Wildman–Crippen MR) is 113 cm³/mol. The molecule has 30 heavy (non-hydrogen) atoms. The van der Waals surface area contributed by atoms with Gasteiger partial charge >= 0.3 is 5.97 Å². The van der Waals surface area contributed by atoms with E-state index in [1.54, 1.807) is 18.2 Å². The average molecular weight is 406 g/mol. The zero-order valence-corrected chi connectivity index (χ0v) is 16.7. The first-order chi connectivity index (χ1) is 14.5. The first kappa shape index (κ1) is 21.0. The third-order valence-electron chi connectivity index (χ3n) is 4.44. The minimum atomic E-state index is -0.542. The zero-order chi connectivity index (χ0) is 21.5. The van der Waals surface area contributed by atoms with E-state index in [-0.39, 0.29) is 30.5 Å². The Morgan fingerprint density at radius 2 is 1.63 bits per heavy atom. The van der Waals surface area contributed by atoms with Crippen LogP contribution in [-0.4, -0.2) is 38.6 Å². The van der Waals surface area contributed by atoms with Crippen LogP contribution < -0.4 is 10.6 Å². The number of hydrogen-bond donors (Lipinski definition) is 2. The molecule has 3 aromatic carbocycles. The van der Waals surface area contributed by atoms with Crippen molar-refractivity contribution in [2.24, 2.45) is 0 Å². The van der Waals surface area contributed by atoms with Crippen LogP contribution in [0.25, 0.3) is 10.8 Å². The van der Waals surface area contributed by atoms with Crippen molar-refractivity contribution in [2.45, 2.75) is 6.54 Å². The molecule has 3 aromatic rings. The smallest absolute Gasteiger partial charge is 0.337 e. The number of amides is 2. The molecule has 3 rings (SSSR count). The van der Waals surface area contributed by atoms with E-state index in [1.165, 1.54) is 20.3 Å². The molecule has 0 saturated heterocycles. The summed E-state index contributed by atoms with van der Waals surface area (Å²) in [6, 6.07) is 18.1. The fourth-order valence-corrected chi connectivity index (χ4v) is 3.05. The van der Waals surface area contributed by atoms with Gasteiger partial charge in [-0.15, -0.1) is 0 Å². The van der Waals surface area contributed by atoms with E-state index in [0.29, 0.717) is 16.8 Å². The third kappa shape index (κ3) is 5.21. The average Bonchev–Trinajstić information content (AvgIpc) is 2.76. The van der Waals surface area contributed by atoms with Crippen molar-refractivity contribution in [3.05, 3.63) is 77.4 Å². The summed E-state index contributed by atoms with van der Waals surface area (Å²) in [6.07, 6.45) is 0. The van der Waals surface area contributed by atoms with E-state index in [2.05, 4.69) is 10.6 Å². The van der Waals surface area contributed by atoms with Crippen molar-refractivity contribution in [3.8, 4) is 0 Å². The molecule has 2 amide bonds. The van der Waals surface area contributed by atoms with Gasteiger partial charge in [0.2, 0.25) is 5.91 Å². The second-order valence-electron chi connectivity index (χ2n) is 6.64. The van der Waals surface area contributed by atoms with Gasteiger partial charge < -0.3 is 20.1 Å². The molecule has 0 saturated carbocycles. The van der Waals surface area contributed by atoms with Crippen LogP contribution in [0.2, 0.25) is 0 Å². The van der Waals surface area contributed by atoms with Gasteiger partial charge in [-0.3, -0.25) is 9.59 Å². The first-order valence-corrected chi connectivity index (χ1v) is 9.28. The summed E-state index contributed by atoms with van der Waals surface area (Å²) in [6.45, 7) is 0.0557. The van der Waals surface area contributed by atoms with Crippen molar-refractivity contribution in [1.29, 1.82) is 0 Å². The summed E-state index contributed by atoms with van der Waals surface area (Å²) < 4.78 is 9.57. The summed E-state index contributed by atoms with van der Waals surface area (Å²) in [5.41, 5.74) is 1.85. The number of carbonyl (C=O) groups excluding carboxylic acids is 3. The van der Waals surface area contributed by atoms with Gasteiger partial charge in [0.1, 0.15) is 6.61 Å². The number of hydrogen-bond acceptors (Lipinski definition) is 5. The molecule has 0 aliphatic rings. The Morgan fingerprint density at radius 1 is 0.867 bits per heavy atom. The van der Waals surface area contributed by atoms with Crippen LogP contribution in [0.1, 0.15) is 26.3 Å². The second-order valence-corrected chi connectivity index (χ2v) is 6.64. The largest absolute Gasteiger partial charge is 0.465 e. The highest BCUT2D eigenvalue weighted by Crippen LogP contribution is 2.18. The van der Waals surface area contributed by atoms with Gasteiger partial charge in [-0.25, -0.2) is 4.79 Å². The number of carbonyl (C=O) groups is 3. The highest BCUT2D eigenvalue weighted by atomic mass is 16.5. The summed E-state index contributed by atoms with van der Waals surface area (Å²) in [5, 5.41) is 7.52. The molecule has 0 aromatic heterocycles. The van der Waals surface area contributed by atoms with Crippen LogP contribution in [0.15, 0.2) is 60.7 Å². The molecule has 0 aliphatic carbocycles. The standard InChI is InChI=1S/C23H22N2O5/c1-29-14-21(26)25-20-10-15(9-19(12-20)23(28)30-2)13-24-22(27)18-8-7-16-5-3-4-6-17(16)11-18/h3-12H,13-14H2,1-2H3,(H,24,27)(H,25,26). The number of anilines is 1. The number of ether oxygens (including phenoxy) is 2. The van der Waals surface area contributed by atoms with E-state index in [0.717, 1.165) is 10.8 Å². The van der Waals surface area contributed by atoms with Crippen LogP contribution in [-0.2, 0) is 20.8 Å². The van der Waals surface area contributed by atoms with Crippen LogP contribution in [0.3, 0.4) is 0 Å². The number of esters is 1. The van der Waals surface area contributed by atoms with Crippen LogP contribution in [0.5, 0.6) is 0 Å². The number of benzene rings is 3. The van der Waals surface area contributed by atoms with Crippen LogP contribution >= 0.6 is 0 Å². The topological polar surface area (TPSA) is 93.7 Å². The Morgan fingerprint density at radius 3 is 2.37 bits per heavy atom. The van der Waals surface area contributed by atoms with Crippen molar-refractivity contribution in [3.63, 3.8) is 0 Å². The summed E-state index contributed by atoms with van der Waals surface area (Å²) >= 11 is 0. The highest BCUT2D eigenvalue weighted by molar-refractivity contribution is 5.99.